The van der Waals surface area contributed by atoms with Crippen LogP contribution < -0.4 is 14.2 Å². The quantitative estimate of drug-likeness (QED) is 0.868. The van der Waals surface area contributed by atoms with Crippen LogP contribution in [0.25, 0.3) is 0 Å². The lowest BCUT2D eigenvalue weighted by Gasteiger charge is -2.26. The Hall–Kier alpha value is -2.56. The number of carbonyl (C=O) groups excluding carboxylic acids is 1. The molecule has 120 valence electrons. The van der Waals surface area contributed by atoms with E-state index in [-0.39, 0.29) is 24.1 Å². The first-order valence-electron chi connectivity index (χ1n) is 7.30. The van der Waals surface area contributed by atoms with E-state index in [9.17, 15) is 9.18 Å². The van der Waals surface area contributed by atoms with Gasteiger partial charge in [-0.15, -0.1) is 0 Å². The number of ether oxygens (including phenoxy) is 3. The van der Waals surface area contributed by atoms with Crippen molar-refractivity contribution < 1.29 is 23.4 Å². The highest BCUT2D eigenvalue weighted by Gasteiger charge is 2.32. The van der Waals surface area contributed by atoms with E-state index in [4.69, 9.17) is 14.2 Å². The molecule has 0 radical (unpaired) electrons. The molecule has 1 heterocycles. The molecule has 1 atom stereocenters. The zero-order valence-electron chi connectivity index (χ0n) is 13.0. The van der Waals surface area contributed by atoms with Crippen molar-refractivity contribution in [3.8, 4) is 17.2 Å². The van der Waals surface area contributed by atoms with Crippen LogP contribution in [0.4, 0.5) is 4.39 Å². The summed E-state index contributed by atoms with van der Waals surface area (Å²) in [5.41, 5.74) is 1.33. The summed E-state index contributed by atoms with van der Waals surface area (Å²) in [6, 6.07) is 9.50. The molecule has 2 aromatic carbocycles. The number of methoxy groups -OCH3 is 2. The van der Waals surface area contributed by atoms with Crippen LogP contribution in [0.5, 0.6) is 17.2 Å². The molecule has 0 bridgehead atoms. The lowest BCUT2D eigenvalue weighted by atomic mass is 9.89. The van der Waals surface area contributed by atoms with Crippen molar-refractivity contribution in [2.75, 3.05) is 20.8 Å². The molecule has 1 unspecified atom stereocenters. The maximum atomic E-state index is 13.0. The third-order valence-electron chi connectivity index (χ3n) is 3.95. The van der Waals surface area contributed by atoms with Crippen LogP contribution in [0.15, 0.2) is 36.4 Å². The Labute approximate surface area is 133 Å². The van der Waals surface area contributed by atoms with E-state index in [1.165, 1.54) is 19.2 Å². The maximum Gasteiger partial charge on any atom is 0.177 e. The molecule has 0 saturated heterocycles. The Morgan fingerprint density at radius 3 is 2.57 bits per heavy atom. The monoisotopic (exact) mass is 316 g/mol. The molecule has 0 fully saturated rings. The first-order valence-corrected chi connectivity index (χ1v) is 7.30. The molecular weight excluding hydrogens is 299 g/mol. The zero-order valence-corrected chi connectivity index (χ0v) is 13.0. The summed E-state index contributed by atoms with van der Waals surface area (Å²) >= 11 is 0. The van der Waals surface area contributed by atoms with Crippen molar-refractivity contribution in [2.45, 2.75) is 6.42 Å². The number of hydrogen-bond donors (Lipinski definition) is 0. The summed E-state index contributed by atoms with van der Waals surface area (Å²) in [6.45, 7) is 0.277. The molecule has 23 heavy (non-hydrogen) atoms. The van der Waals surface area contributed by atoms with E-state index in [0.29, 0.717) is 29.2 Å². The molecule has 1 aliphatic rings. The second-order valence-electron chi connectivity index (χ2n) is 5.41. The van der Waals surface area contributed by atoms with Gasteiger partial charge in [0.25, 0.3) is 0 Å². The Morgan fingerprint density at radius 2 is 1.91 bits per heavy atom. The van der Waals surface area contributed by atoms with Crippen LogP contribution in [-0.4, -0.2) is 26.6 Å². The van der Waals surface area contributed by atoms with Crippen molar-refractivity contribution in [3.05, 3.63) is 53.3 Å². The van der Waals surface area contributed by atoms with Gasteiger partial charge >= 0.3 is 0 Å². The molecule has 4 nitrogen and oxygen atoms in total. The van der Waals surface area contributed by atoms with Gasteiger partial charge in [-0.05, 0) is 24.1 Å². The van der Waals surface area contributed by atoms with Gasteiger partial charge in [-0.2, -0.15) is 0 Å². The molecular formula is C18H17FO4. The molecule has 0 amide bonds. The maximum absolute atomic E-state index is 13.0. The molecule has 3 rings (SSSR count). The number of rotatable bonds is 4. The van der Waals surface area contributed by atoms with Crippen molar-refractivity contribution >= 4 is 5.78 Å². The second-order valence-corrected chi connectivity index (χ2v) is 5.41. The molecule has 2 aromatic rings. The number of benzene rings is 2. The van der Waals surface area contributed by atoms with Crippen LogP contribution in [0, 0.1) is 11.7 Å². The van der Waals surface area contributed by atoms with Crippen molar-refractivity contribution in [1.82, 2.24) is 0 Å². The van der Waals surface area contributed by atoms with Crippen molar-refractivity contribution in [2.24, 2.45) is 5.92 Å². The van der Waals surface area contributed by atoms with Gasteiger partial charge in [0.1, 0.15) is 28.6 Å². The third kappa shape index (κ3) is 2.99. The van der Waals surface area contributed by atoms with Crippen molar-refractivity contribution in [3.63, 3.8) is 0 Å². The number of fused-ring (bicyclic) bond motifs is 1. The minimum atomic E-state index is -0.324. The van der Waals surface area contributed by atoms with Crippen LogP contribution >= 0.6 is 0 Å². The highest BCUT2D eigenvalue weighted by atomic mass is 19.1. The van der Waals surface area contributed by atoms with Gasteiger partial charge in [-0.3, -0.25) is 4.79 Å². The van der Waals surface area contributed by atoms with Gasteiger partial charge in [0.05, 0.1) is 26.7 Å². The largest absolute Gasteiger partial charge is 0.496 e. The van der Waals surface area contributed by atoms with E-state index in [1.807, 2.05) is 0 Å². The van der Waals surface area contributed by atoms with Crippen LogP contribution in [0.1, 0.15) is 15.9 Å². The van der Waals surface area contributed by atoms with Gasteiger partial charge in [0, 0.05) is 12.1 Å². The lowest BCUT2D eigenvalue weighted by Crippen LogP contribution is -2.30. The smallest absolute Gasteiger partial charge is 0.177 e. The van der Waals surface area contributed by atoms with E-state index < -0.39 is 0 Å². The van der Waals surface area contributed by atoms with Gasteiger partial charge in [-0.1, -0.05) is 12.1 Å². The zero-order chi connectivity index (χ0) is 16.4. The Kier molecular flexibility index (Phi) is 4.19. The van der Waals surface area contributed by atoms with Crippen molar-refractivity contribution in [1.29, 1.82) is 0 Å². The molecule has 5 heteroatoms. The SMILES string of the molecule is COc1cc(OC)c2c(c1)OCC(Cc1ccc(F)cc1)C2=O. The number of halogens is 1. The summed E-state index contributed by atoms with van der Waals surface area (Å²) in [5.74, 6) is 0.838. The number of carbonyl (C=O) groups is 1. The highest BCUT2D eigenvalue weighted by molar-refractivity contribution is 6.04. The van der Waals surface area contributed by atoms with Gasteiger partial charge in [0.2, 0.25) is 0 Å². The minimum Gasteiger partial charge on any atom is -0.496 e. The molecule has 0 aliphatic carbocycles. The first kappa shape index (κ1) is 15.3. The molecule has 0 N–H and O–H groups in total. The van der Waals surface area contributed by atoms with Gasteiger partial charge in [-0.25, -0.2) is 4.39 Å². The normalized spacial score (nSPS) is 16.5. The van der Waals surface area contributed by atoms with E-state index >= 15 is 0 Å². The third-order valence-corrected chi connectivity index (χ3v) is 3.95. The number of ketones is 1. The van der Waals surface area contributed by atoms with Crippen LogP contribution in [-0.2, 0) is 6.42 Å². The minimum absolute atomic E-state index is 0.0323. The van der Waals surface area contributed by atoms with E-state index in [2.05, 4.69) is 0 Å². The summed E-state index contributed by atoms with van der Waals surface area (Å²) < 4.78 is 29.2. The standard InChI is InChI=1S/C18H17FO4/c1-21-14-8-15(22-2)17-16(9-14)23-10-12(18(17)20)7-11-3-5-13(19)6-4-11/h3-6,8-9,12H,7,10H2,1-2H3. The summed E-state index contributed by atoms with van der Waals surface area (Å²) in [6.07, 6.45) is 0.494. The fourth-order valence-electron chi connectivity index (χ4n) is 2.73. The number of Topliss-reactive ketones (excluding diaryl/α,β-unsaturated/α-hetero) is 1. The first-order chi connectivity index (χ1) is 11.1. The van der Waals surface area contributed by atoms with Crippen LogP contribution in [0.3, 0.4) is 0 Å². The topological polar surface area (TPSA) is 44.8 Å². The van der Waals surface area contributed by atoms with E-state index in [0.717, 1.165) is 5.56 Å². The molecule has 0 saturated carbocycles. The average Bonchev–Trinajstić information content (AvgIpc) is 2.58. The Morgan fingerprint density at radius 1 is 1.17 bits per heavy atom. The molecule has 0 aromatic heterocycles. The summed E-state index contributed by atoms with van der Waals surface area (Å²) in [7, 11) is 3.05. The fraction of sp³-hybridized carbons (Fsp3) is 0.278. The molecule has 0 spiro atoms. The summed E-state index contributed by atoms with van der Waals surface area (Å²) in [5, 5.41) is 0. The lowest BCUT2D eigenvalue weighted by molar-refractivity contribution is 0.0825. The fourth-order valence-corrected chi connectivity index (χ4v) is 2.73. The predicted octanol–water partition coefficient (Wildman–Crippen LogP) is 3.28. The summed E-state index contributed by atoms with van der Waals surface area (Å²) in [4.78, 5) is 12.8. The average molecular weight is 316 g/mol. The number of hydrogen-bond acceptors (Lipinski definition) is 4. The van der Waals surface area contributed by atoms with Gasteiger partial charge in [0.15, 0.2) is 5.78 Å². The van der Waals surface area contributed by atoms with E-state index in [1.54, 1.807) is 31.4 Å². The predicted molar refractivity (Wildman–Crippen MR) is 83.0 cm³/mol. The highest BCUT2D eigenvalue weighted by Crippen LogP contribution is 2.39. The van der Waals surface area contributed by atoms with Gasteiger partial charge < -0.3 is 14.2 Å². The Bertz CT molecular complexity index is 707. The molecule has 1 aliphatic heterocycles. The Balaban J connectivity index is 1.89. The van der Waals surface area contributed by atoms with Crippen LogP contribution in [0.2, 0.25) is 0 Å². The second kappa shape index (κ2) is 6.28.